The minimum atomic E-state index is -0.145. The Hall–Kier alpha value is -1.42. The number of rotatable bonds is 2. The highest BCUT2D eigenvalue weighted by atomic mass is 16.5. The molecule has 2 rings (SSSR count). The van der Waals surface area contributed by atoms with E-state index < -0.39 is 0 Å². The van der Waals surface area contributed by atoms with Crippen molar-refractivity contribution >= 4 is 0 Å². The Morgan fingerprint density at radius 2 is 2.14 bits per heavy atom. The summed E-state index contributed by atoms with van der Waals surface area (Å²) in [6.07, 6.45) is 1.14. The van der Waals surface area contributed by atoms with Crippen molar-refractivity contribution in [2.24, 2.45) is 0 Å². The van der Waals surface area contributed by atoms with E-state index in [-0.39, 0.29) is 17.6 Å². The van der Waals surface area contributed by atoms with Gasteiger partial charge in [0.2, 0.25) is 0 Å². The van der Waals surface area contributed by atoms with Gasteiger partial charge in [-0.25, -0.2) is 0 Å². The maximum Gasteiger partial charge on any atom is 0.161 e. The first-order valence-electron chi connectivity index (χ1n) is 4.65. The van der Waals surface area contributed by atoms with Crippen LogP contribution in [-0.2, 0) is 0 Å². The van der Waals surface area contributed by atoms with Gasteiger partial charge in [0.05, 0.1) is 0 Å². The third kappa shape index (κ3) is 1.90. The molecule has 1 atom stereocenters. The maximum atomic E-state index is 9.23. The molecule has 4 nitrogen and oxygen atoms in total. The monoisotopic (exact) mass is 195 g/mol. The maximum absolute atomic E-state index is 9.23. The summed E-state index contributed by atoms with van der Waals surface area (Å²) in [5, 5.41) is 21.5. The number of benzene rings is 1. The average Bonchev–Trinajstić information content (AvgIpc) is 2.64. The zero-order valence-corrected chi connectivity index (χ0v) is 7.73. The summed E-state index contributed by atoms with van der Waals surface area (Å²) in [6.45, 7) is 1.80. The van der Waals surface area contributed by atoms with Crippen molar-refractivity contribution in [2.45, 2.75) is 12.5 Å². The molecule has 1 heterocycles. The van der Waals surface area contributed by atoms with Crippen molar-refractivity contribution in [1.82, 2.24) is 5.32 Å². The minimum absolute atomic E-state index is 0.123. The molecule has 4 heteroatoms. The molecule has 1 unspecified atom stereocenters. The van der Waals surface area contributed by atoms with Crippen LogP contribution in [0.15, 0.2) is 18.2 Å². The molecule has 1 aromatic carbocycles. The van der Waals surface area contributed by atoms with Gasteiger partial charge in [-0.05, 0) is 25.1 Å². The summed E-state index contributed by atoms with van der Waals surface area (Å²) in [7, 11) is 0. The van der Waals surface area contributed by atoms with Crippen LogP contribution in [0.4, 0.5) is 0 Å². The number of phenols is 2. The van der Waals surface area contributed by atoms with E-state index in [4.69, 9.17) is 9.84 Å². The molecule has 76 valence electrons. The standard InChI is InChI=1S/C10H13NO3/c12-9-2-1-7(5-10(9)13)14-8-3-4-11-6-8/h1-2,5,8,11-13H,3-4,6H2. The third-order valence-corrected chi connectivity index (χ3v) is 2.26. The Morgan fingerprint density at radius 1 is 1.29 bits per heavy atom. The van der Waals surface area contributed by atoms with Crippen LogP contribution in [-0.4, -0.2) is 29.4 Å². The molecular weight excluding hydrogens is 182 g/mol. The van der Waals surface area contributed by atoms with E-state index in [1.807, 2.05) is 0 Å². The van der Waals surface area contributed by atoms with Gasteiger partial charge in [-0.1, -0.05) is 0 Å². The van der Waals surface area contributed by atoms with Crippen molar-refractivity contribution in [3.63, 3.8) is 0 Å². The predicted octanol–water partition coefficient (Wildman–Crippen LogP) is 0.839. The molecule has 0 aliphatic carbocycles. The first kappa shape index (κ1) is 9.15. The lowest BCUT2D eigenvalue weighted by Crippen LogP contribution is -2.19. The van der Waals surface area contributed by atoms with E-state index in [9.17, 15) is 5.11 Å². The average molecular weight is 195 g/mol. The summed E-state index contributed by atoms with van der Waals surface area (Å²) in [4.78, 5) is 0. The molecule has 0 aromatic heterocycles. The van der Waals surface area contributed by atoms with Crippen LogP contribution in [0.5, 0.6) is 17.2 Å². The Balaban J connectivity index is 2.05. The van der Waals surface area contributed by atoms with Crippen molar-refractivity contribution in [3.05, 3.63) is 18.2 Å². The molecule has 1 saturated heterocycles. The second kappa shape index (κ2) is 3.75. The molecule has 0 spiro atoms. The predicted molar refractivity (Wildman–Crippen MR) is 51.7 cm³/mol. The van der Waals surface area contributed by atoms with Crippen LogP contribution < -0.4 is 10.1 Å². The zero-order valence-electron chi connectivity index (χ0n) is 7.73. The number of hydrogen-bond acceptors (Lipinski definition) is 4. The second-order valence-electron chi connectivity index (χ2n) is 3.38. The Morgan fingerprint density at radius 3 is 2.79 bits per heavy atom. The molecular formula is C10H13NO3. The van der Waals surface area contributed by atoms with E-state index >= 15 is 0 Å². The van der Waals surface area contributed by atoms with Crippen LogP contribution in [0.3, 0.4) is 0 Å². The van der Waals surface area contributed by atoms with Crippen molar-refractivity contribution < 1.29 is 14.9 Å². The molecule has 0 saturated carbocycles. The SMILES string of the molecule is Oc1ccc(OC2CCNC2)cc1O. The normalized spacial score (nSPS) is 21.0. The van der Waals surface area contributed by atoms with Crippen LogP contribution in [0.2, 0.25) is 0 Å². The fraction of sp³-hybridized carbons (Fsp3) is 0.400. The van der Waals surface area contributed by atoms with Gasteiger partial charge < -0.3 is 20.3 Å². The molecule has 1 fully saturated rings. The smallest absolute Gasteiger partial charge is 0.161 e. The van der Waals surface area contributed by atoms with E-state index in [0.717, 1.165) is 19.5 Å². The molecule has 3 N–H and O–H groups in total. The number of hydrogen-bond donors (Lipinski definition) is 3. The third-order valence-electron chi connectivity index (χ3n) is 2.26. The molecule has 1 aliphatic heterocycles. The fourth-order valence-corrected chi connectivity index (χ4v) is 1.50. The molecule has 1 aliphatic rings. The Labute approximate surface area is 82.1 Å². The largest absolute Gasteiger partial charge is 0.504 e. The first-order valence-corrected chi connectivity index (χ1v) is 4.65. The van der Waals surface area contributed by atoms with Gasteiger partial charge in [0.1, 0.15) is 11.9 Å². The van der Waals surface area contributed by atoms with Crippen LogP contribution in [0.25, 0.3) is 0 Å². The highest BCUT2D eigenvalue weighted by molar-refractivity contribution is 5.43. The van der Waals surface area contributed by atoms with Crippen molar-refractivity contribution in [3.8, 4) is 17.2 Å². The van der Waals surface area contributed by atoms with Gasteiger partial charge >= 0.3 is 0 Å². The number of ether oxygens (including phenoxy) is 1. The first-order chi connectivity index (χ1) is 6.75. The number of phenolic OH excluding ortho intramolecular Hbond substituents is 2. The van der Waals surface area contributed by atoms with Gasteiger partial charge in [-0.3, -0.25) is 0 Å². The van der Waals surface area contributed by atoms with Gasteiger partial charge in [-0.2, -0.15) is 0 Å². The highest BCUT2D eigenvalue weighted by Crippen LogP contribution is 2.29. The summed E-state index contributed by atoms with van der Waals surface area (Å²) in [5.74, 6) is 0.323. The van der Waals surface area contributed by atoms with Gasteiger partial charge in [-0.15, -0.1) is 0 Å². The zero-order chi connectivity index (χ0) is 9.97. The lowest BCUT2D eigenvalue weighted by atomic mass is 10.3. The summed E-state index contributed by atoms with van der Waals surface area (Å²) in [6, 6.07) is 4.49. The lowest BCUT2D eigenvalue weighted by molar-refractivity contribution is 0.222. The van der Waals surface area contributed by atoms with E-state index in [1.54, 1.807) is 6.07 Å². The number of nitrogens with one attached hydrogen (secondary N) is 1. The van der Waals surface area contributed by atoms with Crippen molar-refractivity contribution in [1.29, 1.82) is 0 Å². The van der Waals surface area contributed by atoms with Crippen LogP contribution in [0.1, 0.15) is 6.42 Å². The second-order valence-corrected chi connectivity index (χ2v) is 3.38. The van der Waals surface area contributed by atoms with Gasteiger partial charge in [0.25, 0.3) is 0 Å². The molecule has 14 heavy (non-hydrogen) atoms. The summed E-state index contributed by atoms with van der Waals surface area (Å²) >= 11 is 0. The topological polar surface area (TPSA) is 61.7 Å². The van der Waals surface area contributed by atoms with Gasteiger partial charge in [0.15, 0.2) is 11.5 Å². The summed E-state index contributed by atoms with van der Waals surface area (Å²) < 4.78 is 5.58. The fourth-order valence-electron chi connectivity index (χ4n) is 1.50. The Bertz CT molecular complexity index is 321. The quantitative estimate of drug-likeness (QED) is 0.612. The molecule has 0 amide bonds. The lowest BCUT2D eigenvalue weighted by Gasteiger charge is -2.12. The molecule has 0 bridgehead atoms. The van der Waals surface area contributed by atoms with E-state index in [2.05, 4.69) is 5.32 Å². The van der Waals surface area contributed by atoms with Crippen LogP contribution in [0, 0.1) is 0 Å². The van der Waals surface area contributed by atoms with Crippen molar-refractivity contribution in [2.75, 3.05) is 13.1 Å². The van der Waals surface area contributed by atoms with E-state index in [0.29, 0.717) is 5.75 Å². The highest BCUT2D eigenvalue weighted by Gasteiger charge is 2.16. The van der Waals surface area contributed by atoms with Gasteiger partial charge in [0, 0.05) is 12.6 Å². The summed E-state index contributed by atoms with van der Waals surface area (Å²) in [5.41, 5.74) is 0. The minimum Gasteiger partial charge on any atom is -0.504 e. The van der Waals surface area contributed by atoms with Crippen LogP contribution >= 0.6 is 0 Å². The molecule has 1 aromatic rings. The Kier molecular flexibility index (Phi) is 2.45. The number of aromatic hydroxyl groups is 2. The van der Waals surface area contributed by atoms with E-state index in [1.165, 1.54) is 12.1 Å². The molecule has 0 radical (unpaired) electrons.